The van der Waals surface area contributed by atoms with Gasteiger partial charge in [0, 0.05) is 26.7 Å². The average Bonchev–Trinajstić information content (AvgIpc) is 2.80. The van der Waals surface area contributed by atoms with Crippen molar-refractivity contribution in [1.29, 1.82) is 0 Å². The first-order valence-corrected chi connectivity index (χ1v) is 7.43. The van der Waals surface area contributed by atoms with Crippen molar-refractivity contribution < 1.29 is 8.42 Å². The Kier molecular flexibility index (Phi) is 4.01. The Hall–Kier alpha value is -0.950. The lowest BCUT2D eigenvalue weighted by Crippen LogP contribution is -2.39. The molecule has 0 saturated heterocycles. The van der Waals surface area contributed by atoms with Gasteiger partial charge in [-0.1, -0.05) is 24.3 Å². The summed E-state index contributed by atoms with van der Waals surface area (Å²) in [6.45, 7) is 1.89. The lowest BCUT2D eigenvalue weighted by molar-refractivity contribution is 0.366. The normalized spacial score (nSPS) is 16.2. The molecule has 1 aliphatic rings. The van der Waals surface area contributed by atoms with Gasteiger partial charge in [0.05, 0.1) is 0 Å². The zero-order chi connectivity index (χ0) is 13.2. The van der Waals surface area contributed by atoms with Crippen LogP contribution in [0.5, 0.6) is 0 Å². The summed E-state index contributed by atoms with van der Waals surface area (Å²) in [4.78, 5) is 0. The van der Waals surface area contributed by atoms with Crippen LogP contribution in [0.25, 0.3) is 0 Å². The summed E-state index contributed by atoms with van der Waals surface area (Å²) in [5.74, 6) is 0. The maximum atomic E-state index is 12.3. The smallest absolute Gasteiger partial charge is 0.282 e. The molecule has 0 aliphatic carbocycles. The molecule has 5 nitrogen and oxygen atoms in total. The fourth-order valence-corrected chi connectivity index (χ4v) is 3.45. The molecule has 0 unspecified atom stereocenters. The number of rotatable bonds is 5. The van der Waals surface area contributed by atoms with Gasteiger partial charge in [-0.3, -0.25) is 0 Å². The zero-order valence-corrected chi connectivity index (χ0v) is 11.4. The Morgan fingerprint density at radius 1 is 1.28 bits per heavy atom. The van der Waals surface area contributed by atoms with E-state index in [1.54, 1.807) is 7.05 Å². The molecule has 0 atom stereocenters. The maximum absolute atomic E-state index is 12.3. The summed E-state index contributed by atoms with van der Waals surface area (Å²) in [6.07, 6.45) is 0.677. The molecule has 100 valence electrons. The predicted octanol–water partition coefficient (Wildman–Crippen LogP) is 0.528. The fourth-order valence-electron chi connectivity index (χ4n) is 2.09. The standard InChI is InChI=1S/C12H19N3O2S/c1-14(8-4-7-13)18(16,17)15-9-11-5-2-3-6-12(11)10-15/h2-3,5-6H,4,7-10,13H2,1H3. The van der Waals surface area contributed by atoms with E-state index < -0.39 is 10.2 Å². The van der Waals surface area contributed by atoms with E-state index in [0.29, 0.717) is 32.6 Å². The van der Waals surface area contributed by atoms with E-state index in [2.05, 4.69) is 0 Å². The second-order valence-corrected chi connectivity index (χ2v) is 6.54. The molecule has 1 aromatic carbocycles. The van der Waals surface area contributed by atoms with Crippen LogP contribution >= 0.6 is 0 Å². The zero-order valence-electron chi connectivity index (χ0n) is 10.5. The van der Waals surface area contributed by atoms with E-state index in [0.717, 1.165) is 11.1 Å². The molecular formula is C12H19N3O2S. The third kappa shape index (κ3) is 2.56. The van der Waals surface area contributed by atoms with Crippen LogP contribution < -0.4 is 5.73 Å². The van der Waals surface area contributed by atoms with Gasteiger partial charge in [0.25, 0.3) is 10.2 Å². The van der Waals surface area contributed by atoms with Gasteiger partial charge in [-0.05, 0) is 24.1 Å². The first kappa shape index (κ1) is 13.5. The van der Waals surface area contributed by atoms with Gasteiger partial charge in [0.2, 0.25) is 0 Å². The molecule has 0 spiro atoms. The second-order valence-electron chi connectivity index (χ2n) is 4.51. The summed E-state index contributed by atoms with van der Waals surface area (Å²) >= 11 is 0. The Morgan fingerprint density at radius 2 is 1.83 bits per heavy atom. The van der Waals surface area contributed by atoms with Crippen molar-refractivity contribution in [3.05, 3.63) is 35.4 Å². The van der Waals surface area contributed by atoms with Crippen molar-refractivity contribution in [2.75, 3.05) is 20.1 Å². The van der Waals surface area contributed by atoms with E-state index in [1.165, 1.54) is 8.61 Å². The molecule has 0 saturated carbocycles. The van der Waals surface area contributed by atoms with Crippen molar-refractivity contribution in [1.82, 2.24) is 8.61 Å². The van der Waals surface area contributed by atoms with Crippen molar-refractivity contribution in [2.45, 2.75) is 19.5 Å². The monoisotopic (exact) mass is 269 g/mol. The lowest BCUT2D eigenvalue weighted by atomic mass is 10.1. The van der Waals surface area contributed by atoms with Gasteiger partial charge in [0.15, 0.2) is 0 Å². The molecule has 0 aromatic heterocycles. The largest absolute Gasteiger partial charge is 0.330 e. The number of hydrogen-bond acceptors (Lipinski definition) is 3. The topological polar surface area (TPSA) is 66.6 Å². The molecule has 2 rings (SSSR count). The number of fused-ring (bicyclic) bond motifs is 1. The van der Waals surface area contributed by atoms with Gasteiger partial charge in [-0.2, -0.15) is 17.0 Å². The summed E-state index contributed by atoms with van der Waals surface area (Å²) in [5, 5.41) is 0. The Morgan fingerprint density at radius 3 is 2.33 bits per heavy atom. The number of benzene rings is 1. The predicted molar refractivity (Wildman–Crippen MR) is 70.9 cm³/mol. The summed E-state index contributed by atoms with van der Waals surface area (Å²) in [6, 6.07) is 7.83. The highest BCUT2D eigenvalue weighted by Crippen LogP contribution is 2.25. The number of nitrogens with zero attached hydrogens (tertiary/aromatic N) is 2. The molecule has 6 heteroatoms. The van der Waals surface area contributed by atoms with Crippen LogP contribution in [0, 0.1) is 0 Å². The first-order valence-electron chi connectivity index (χ1n) is 6.04. The molecule has 0 fully saturated rings. The molecule has 0 amide bonds. The van der Waals surface area contributed by atoms with Gasteiger partial charge in [-0.25, -0.2) is 0 Å². The van der Waals surface area contributed by atoms with Crippen LogP contribution in [-0.2, 0) is 23.3 Å². The molecule has 1 aromatic rings. The third-order valence-electron chi connectivity index (χ3n) is 3.21. The average molecular weight is 269 g/mol. The minimum Gasteiger partial charge on any atom is -0.330 e. The number of nitrogens with two attached hydrogens (primary N) is 1. The Labute approximate surface area is 108 Å². The van der Waals surface area contributed by atoms with Gasteiger partial charge in [-0.15, -0.1) is 0 Å². The van der Waals surface area contributed by atoms with Gasteiger partial charge in [0.1, 0.15) is 0 Å². The molecular weight excluding hydrogens is 250 g/mol. The molecule has 1 aliphatic heterocycles. The van der Waals surface area contributed by atoms with Crippen LogP contribution in [0.2, 0.25) is 0 Å². The molecule has 18 heavy (non-hydrogen) atoms. The fraction of sp³-hybridized carbons (Fsp3) is 0.500. The highest BCUT2D eigenvalue weighted by Gasteiger charge is 2.31. The SMILES string of the molecule is CN(CCCN)S(=O)(=O)N1Cc2ccccc2C1. The van der Waals surface area contributed by atoms with Crippen molar-refractivity contribution in [2.24, 2.45) is 5.73 Å². The lowest BCUT2D eigenvalue weighted by Gasteiger charge is -2.23. The first-order chi connectivity index (χ1) is 8.55. The van der Waals surface area contributed by atoms with E-state index >= 15 is 0 Å². The highest BCUT2D eigenvalue weighted by atomic mass is 32.2. The minimum absolute atomic E-state index is 0.464. The third-order valence-corrected chi connectivity index (χ3v) is 5.09. The molecule has 1 heterocycles. The molecule has 0 bridgehead atoms. The highest BCUT2D eigenvalue weighted by molar-refractivity contribution is 7.86. The number of hydrogen-bond donors (Lipinski definition) is 1. The van der Waals surface area contributed by atoms with E-state index in [-0.39, 0.29) is 0 Å². The Bertz CT molecular complexity index is 491. The van der Waals surface area contributed by atoms with Crippen LogP contribution in [0.4, 0.5) is 0 Å². The minimum atomic E-state index is -3.37. The van der Waals surface area contributed by atoms with Crippen LogP contribution in [0.1, 0.15) is 17.5 Å². The van der Waals surface area contributed by atoms with Gasteiger partial charge >= 0.3 is 0 Å². The van der Waals surface area contributed by atoms with Crippen molar-refractivity contribution >= 4 is 10.2 Å². The van der Waals surface area contributed by atoms with Crippen molar-refractivity contribution in [3.63, 3.8) is 0 Å². The van der Waals surface area contributed by atoms with Crippen LogP contribution in [0.15, 0.2) is 24.3 Å². The summed E-state index contributed by atoms with van der Waals surface area (Å²) in [5.41, 5.74) is 7.59. The van der Waals surface area contributed by atoms with Gasteiger partial charge < -0.3 is 5.73 Å². The van der Waals surface area contributed by atoms with Crippen molar-refractivity contribution in [3.8, 4) is 0 Å². The maximum Gasteiger partial charge on any atom is 0.282 e. The quantitative estimate of drug-likeness (QED) is 0.848. The summed E-state index contributed by atoms with van der Waals surface area (Å²) in [7, 11) is -1.76. The van der Waals surface area contributed by atoms with E-state index in [4.69, 9.17) is 5.73 Å². The second kappa shape index (κ2) is 5.36. The summed E-state index contributed by atoms with van der Waals surface area (Å²) < 4.78 is 27.5. The Balaban J connectivity index is 2.10. The van der Waals surface area contributed by atoms with E-state index in [9.17, 15) is 8.42 Å². The molecule has 2 N–H and O–H groups in total. The van der Waals surface area contributed by atoms with E-state index in [1.807, 2.05) is 24.3 Å². The molecule has 0 radical (unpaired) electrons. The van der Waals surface area contributed by atoms with Crippen LogP contribution in [-0.4, -0.2) is 37.2 Å². The van der Waals surface area contributed by atoms with Crippen LogP contribution in [0.3, 0.4) is 0 Å².